The van der Waals surface area contributed by atoms with Gasteiger partial charge in [-0.3, -0.25) is 9.29 Å². The molecule has 4 nitrogen and oxygen atoms in total. The highest BCUT2D eigenvalue weighted by Gasteiger charge is 2.32. The Kier molecular flexibility index (Phi) is 6.63. The standard InChI is InChI=1S/C20H21ClF2N2O2/c21-11-17-13-25(20(26)27-17)16-6-7-18(19(23)10-16)15-4-2-14(3-5-15)12-24-9-1-8-22/h2-7,10,17,24H,1,8-9,11-13H2. The molecule has 1 unspecified atom stereocenters. The summed E-state index contributed by atoms with van der Waals surface area (Å²) in [6, 6.07) is 12.2. The molecule has 1 N–H and O–H groups in total. The van der Waals surface area contributed by atoms with Crippen molar-refractivity contribution >= 4 is 23.4 Å². The van der Waals surface area contributed by atoms with Crippen LogP contribution in [0.1, 0.15) is 12.0 Å². The van der Waals surface area contributed by atoms with Gasteiger partial charge in [-0.1, -0.05) is 24.3 Å². The third-order valence-electron chi connectivity index (χ3n) is 4.39. The van der Waals surface area contributed by atoms with Crippen LogP contribution in [0, 0.1) is 5.82 Å². The fourth-order valence-corrected chi connectivity index (χ4v) is 3.11. The Hall–Kier alpha value is -2.18. The van der Waals surface area contributed by atoms with Gasteiger partial charge in [-0.25, -0.2) is 9.18 Å². The molecule has 27 heavy (non-hydrogen) atoms. The summed E-state index contributed by atoms with van der Waals surface area (Å²) < 4.78 is 31.8. The number of carbonyl (C=O) groups excluding carboxylic acids is 1. The Morgan fingerprint density at radius 1 is 1.22 bits per heavy atom. The molecule has 144 valence electrons. The Morgan fingerprint density at radius 2 is 2.00 bits per heavy atom. The van der Waals surface area contributed by atoms with Gasteiger partial charge in [0.15, 0.2) is 0 Å². The van der Waals surface area contributed by atoms with E-state index in [1.165, 1.54) is 11.0 Å². The van der Waals surface area contributed by atoms with E-state index in [2.05, 4.69) is 5.32 Å². The molecule has 1 aliphatic rings. The van der Waals surface area contributed by atoms with Crippen molar-refractivity contribution < 1.29 is 18.3 Å². The molecule has 1 aliphatic heterocycles. The van der Waals surface area contributed by atoms with Gasteiger partial charge in [-0.15, -0.1) is 11.6 Å². The maximum Gasteiger partial charge on any atom is 0.414 e. The fourth-order valence-electron chi connectivity index (χ4n) is 2.95. The average Bonchev–Trinajstić information content (AvgIpc) is 3.07. The number of anilines is 1. The molecule has 0 aromatic heterocycles. The molecule has 1 atom stereocenters. The molecule has 0 radical (unpaired) electrons. The van der Waals surface area contributed by atoms with Gasteiger partial charge in [0.2, 0.25) is 0 Å². The van der Waals surface area contributed by atoms with E-state index in [1.807, 2.05) is 24.3 Å². The molecule has 1 saturated heterocycles. The lowest BCUT2D eigenvalue weighted by Gasteiger charge is -2.14. The molecular formula is C20H21ClF2N2O2. The third kappa shape index (κ3) is 4.76. The zero-order chi connectivity index (χ0) is 19.2. The van der Waals surface area contributed by atoms with E-state index in [-0.39, 0.29) is 18.7 Å². The summed E-state index contributed by atoms with van der Waals surface area (Å²) in [5, 5.41) is 3.15. The maximum atomic E-state index is 14.6. The molecule has 0 spiro atoms. The summed E-state index contributed by atoms with van der Waals surface area (Å²) in [4.78, 5) is 13.3. The number of hydrogen-bond acceptors (Lipinski definition) is 3. The Balaban J connectivity index is 1.69. The molecule has 1 heterocycles. The summed E-state index contributed by atoms with van der Waals surface area (Å²) in [6.07, 6.45) is -0.406. The first-order chi connectivity index (χ1) is 13.1. The Bertz CT molecular complexity index is 786. The van der Waals surface area contributed by atoms with Crippen LogP contribution in [0.2, 0.25) is 0 Å². The highest BCUT2D eigenvalue weighted by molar-refractivity contribution is 6.18. The number of halogens is 3. The van der Waals surface area contributed by atoms with Crippen LogP contribution >= 0.6 is 11.6 Å². The van der Waals surface area contributed by atoms with E-state index < -0.39 is 11.9 Å². The normalized spacial score (nSPS) is 16.6. The monoisotopic (exact) mass is 394 g/mol. The molecule has 2 aromatic carbocycles. The van der Waals surface area contributed by atoms with Crippen molar-refractivity contribution in [3.63, 3.8) is 0 Å². The minimum absolute atomic E-state index is 0.206. The van der Waals surface area contributed by atoms with Crippen LogP contribution in [0.4, 0.5) is 19.3 Å². The lowest BCUT2D eigenvalue weighted by Crippen LogP contribution is -2.24. The summed E-state index contributed by atoms with van der Waals surface area (Å²) in [5.74, 6) is -0.207. The van der Waals surface area contributed by atoms with E-state index in [0.29, 0.717) is 37.3 Å². The van der Waals surface area contributed by atoms with Crippen molar-refractivity contribution in [2.45, 2.75) is 19.1 Å². The number of ether oxygens (including phenoxy) is 1. The number of nitrogens with one attached hydrogen (secondary N) is 1. The predicted octanol–water partition coefficient (Wildman–Crippen LogP) is 4.51. The molecule has 0 saturated carbocycles. The molecule has 0 aliphatic carbocycles. The van der Waals surface area contributed by atoms with E-state index in [1.54, 1.807) is 12.1 Å². The molecular weight excluding hydrogens is 374 g/mol. The van der Waals surface area contributed by atoms with Crippen molar-refractivity contribution in [2.24, 2.45) is 0 Å². The topological polar surface area (TPSA) is 41.6 Å². The number of rotatable bonds is 8. The van der Waals surface area contributed by atoms with Crippen LogP contribution in [0.5, 0.6) is 0 Å². The lowest BCUT2D eigenvalue weighted by molar-refractivity contribution is 0.151. The quantitative estimate of drug-likeness (QED) is 0.529. The van der Waals surface area contributed by atoms with Gasteiger partial charge < -0.3 is 10.1 Å². The van der Waals surface area contributed by atoms with Crippen molar-refractivity contribution in [2.75, 3.05) is 30.5 Å². The van der Waals surface area contributed by atoms with Crippen LogP contribution in [0.3, 0.4) is 0 Å². The van der Waals surface area contributed by atoms with Crippen molar-refractivity contribution in [3.05, 3.63) is 53.8 Å². The highest BCUT2D eigenvalue weighted by Crippen LogP contribution is 2.29. The molecule has 0 bridgehead atoms. The first-order valence-corrected chi connectivity index (χ1v) is 9.35. The number of benzene rings is 2. The van der Waals surface area contributed by atoms with Crippen LogP contribution in [0.25, 0.3) is 11.1 Å². The van der Waals surface area contributed by atoms with Gasteiger partial charge in [-0.05, 0) is 42.3 Å². The second-order valence-electron chi connectivity index (χ2n) is 6.35. The van der Waals surface area contributed by atoms with Gasteiger partial charge in [0.1, 0.15) is 11.9 Å². The first kappa shape index (κ1) is 19.6. The number of carbonyl (C=O) groups is 1. The van der Waals surface area contributed by atoms with Gasteiger partial charge >= 0.3 is 6.09 Å². The number of hydrogen-bond donors (Lipinski definition) is 1. The van der Waals surface area contributed by atoms with Crippen LogP contribution in [0.15, 0.2) is 42.5 Å². The van der Waals surface area contributed by atoms with E-state index >= 15 is 0 Å². The number of amides is 1. The van der Waals surface area contributed by atoms with Crippen LogP contribution in [-0.2, 0) is 11.3 Å². The molecule has 1 amide bonds. The average molecular weight is 395 g/mol. The summed E-state index contributed by atoms with van der Waals surface area (Å²) in [5.41, 5.74) is 2.69. The van der Waals surface area contributed by atoms with Gasteiger partial charge in [0, 0.05) is 12.1 Å². The van der Waals surface area contributed by atoms with Gasteiger partial charge in [-0.2, -0.15) is 0 Å². The van der Waals surface area contributed by atoms with Gasteiger partial charge in [0.25, 0.3) is 0 Å². The second-order valence-corrected chi connectivity index (χ2v) is 6.66. The third-order valence-corrected chi connectivity index (χ3v) is 4.74. The number of cyclic esters (lactones) is 1. The maximum absolute atomic E-state index is 14.6. The zero-order valence-corrected chi connectivity index (χ0v) is 15.5. The first-order valence-electron chi connectivity index (χ1n) is 8.82. The SMILES string of the molecule is O=C1OC(CCl)CN1c1ccc(-c2ccc(CNCCCF)cc2)c(F)c1. The predicted molar refractivity (Wildman–Crippen MR) is 102 cm³/mol. The fraction of sp³-hybridized carbons (Fsp3) is 0.350. The van der Waals surface area contributed by atoms with E-state index in [9.17, 15) is 13.6 Å². The Morgan fingerprint density at radius 3 is 2.63 bits per heavy atom. The van der Waals surface area contributed by atoms with E-state index in [4.69, 9.17) is 16.3 Å². The number of alkyl halides is 2. The van der Waals surface area contributed by atoms with Crippen molar-refractivity contribution in [3.8, 4) is 11.1 Å². The molecule has 1 fully saturated rings. The smallest absolute Gasteiger partial charge is 0.414 e. The summed E-state index contributed by atoms with van der Waals surface area (Å²) >= 11 is 5.72. The summed E-state index contributed by atoms with van der Waals surface area (Å²) in [6.45, 7) is 1.24. The lowest BCUT2D eigenvalue weighted by atomic mass is 10.0. The minimum atomic E-state index is -0.516. The molecule has 3 rings (SSSR count). The molecule has 7 heteroatoms. The zero-order valence-electron chi connectivity index (χ0n) is 14.8. The van der Waals surface area contributed by atoms with Crippen molar-refractivity contribution in [1.82, 2.24) is 5.32 Å². The van der Waals surface area contributed by atoms with Crippen LogP contribution < -0.4 is 10.2 Å². The summed E-state index contributed by atoms with van der Waals surface area (Å²) in [7, 11) is 0. The molecule has 2 aromatic rings. The number of nitrogens with zero attached hydrogens (tertiary/aromatic N) is 1. The van der Waals surface area contributed by atoms with Gasteiger partial charge in [0.05, 0.1) is 24.8 Å². The van der Waals surface area contributed by atoms with Crippen molar-refractivity contribution in [1.29, 1.82) is 0 Å². The Labute approximate surface area is 162 Å². The van der Waals surface area contributed by atoms with Crippen LogP contribution in [-0.4, -0.2) is 37.8 Å². The second kappa shape index (κ2) is 9.15. The van der Waals surface area contributed by atoms with E-state index in [0.717, 1.165) is 11.1 Å². The largest absolute Gasteiger partial charge is 0.443 e. The minimum Gasteiger partial charge on any atom is -0.443 e. The highest BCUT2D eigenvalue weighted by atomic mass is 35.5.